The maximum Gasteiger partial charge on any atom is 0.146 e. The highest BCUT2D eigenvalue weighted by atomic mass is 16.5. The molecule has 0 aromatic heterocycles. The molecule has 1 aliphatic heterocycles. The van der Waals surface area contributed by atoms with Gasteiger partial charge in [0.05, 0.1) is 12.6 Å². The third kappa shape index (κ3) is 5.90. The summed E-state index contributed by atoms with van der Waals surface area (Å²) in [6, 6.07) is 0. The van der Waals surface area contributed by atoms with E-state index in [2.05, 4.69) is 12.2 Å². The molecule has 0 aliphatic carbocycles. The van der Waals surface area contributed by atoms with Crippen molar-refractivity contribution in [1.82, 2.24) is 5.32 Å². The summed E-state index contributed by atoms with van der Waals surface area (Å²) >= 11 is 0. The van der Waals surface area contributed by atoms with Crippen LogP contribution in [0.2, 0.25) is 0 Å². The van der Waals surface area contributed by atoms with Crippen molar-refractivity contribution < 1.29 is 9.53 Å². The Kier molecular flexibility index (Phi) is 6.60. The van der Waals surface area contributed by atoms with E-state index in [9.17, 15) is 4.79 Å². The molecule has 0 aromatic carbocycles. The average Bonchev–Trinajstić information content (AvgIpc) is 2.71. The minimum Gasteiger partial charge on any atom is -0.378 e. The fourth-order valence-electron chi connectivity index (χ4n) is 1.89. The van der Waals surface area contributed by atoms with Gasteiger partial charge in [-0.05, 0) is 38.6 Å². The lowest BCUT2D eigenvalue weighted by atomic mass is 10.1. The Bertz CT molecular complexity index is 176. The predicted octanol–water partition coefficient (Wildman–Crippen LogP) is 1.90. The van der Waals surface area contributed by atoms with Crippen LogP contribution in [0.25, 0.3) is 0 Å². The second kappa shape index (κ2) is 7.83. The Labute approximate surface area is 92.6 Å². The van der Waals surface area contributed by atoms with E-state index in [-0.39, 0.29) is 0 Å². The predicted molar refractivity (Wildman–Crippen MR) is 61.0 cm³/mol. The van der Waals surface area contributed by atoms with Crippen molar-refractivity contribution in [2.75, 3.05) is 19.7 Å². The maximum atomic E-state index is 11.4. The third-order valence-corrected chi connectivity index (χ3v) is 2.75. The molecule has 0 bridgehead atoms. The van der Waals surface area contributed by atoms with Gasteiger partial charge in [0, 0.05) is 13.0 Å². The molecule has 1 atom stereocenters. The zero-order valence-corrected chi connectivity index (χ0v) is 9.76. The van der Waals surface area contributed by atoms with Crippen molar-refractivity contribution in [2.45, 2.75) is 51.6 Å². The summed E-state index contributed by atoms with van der Waals surface area (Å²) in [6.45, 7) is 4.50. The molecule has 1 unspecified atom stereocenters. The summed E-state index contributed by atoms with van der Waals surface area (Å²) in [5, 5.41) is 3.13. The van der Waals surface area contributed by atoms with E-state index in [0.29, 0.717) is 24.9 Å². The van der Waals surface area contributed by atoms with Crippen LogP contribution in [0.5, 0.6) is 0 Å². The van der Waals surface area contributed by atoms with Gasteiger partial charge >= 0.3 is 0 Å². The normalized spacial score (nSPS) is 20.7. The molecular weight excluding hydrogens is 190 g/mol. The van der Waals surface area contributed by atoms with Gasteiger partial charge in [0.1, 0.15) is 5.78 Å². The van der Waals surface area contributed by atoms with Crippen LogP contribution < -0.4 is 5.32 Å². The van der Waals surface area contributed by atoms with E-state index in [1.54, 1.807) is 0 Å². The summed E-state index contributed by atoms with van der Waals surface area (Å²) < 4.78 is 5.51. The van der Waals surface area contributed by atoms with E-state index in [0.717, 1.165) is 32.4 Å². The number of hydrogen-bond donors (Lipinski definition) is 1. The van der Waals surface area contributed by atoms with Crippen LogP contribution in [-0.2, 0) is 9.53 Å². The van der Waals surface area contributed by atoms with Gasteiger partial charge in [-0.3, -0.25) is 4.79 Å². The molecule has 3 heteroatoms. The average molecular weight is 213 g/mol. The molecule has 0 spiro atoms. The SMILES string of the molecule is CCCNCC(=O)CCCC1CCCO1. The first-order chi connectivity index (χ1) is 7.33. The number of hydrogen-bond acceptors (Lipinski definition) is 3. The van der Waals surface area contributed by atoms with Gasteiger partial charge in [-0.1, -0.05) is 6.92 Å². The molecule has 1 heterocycles. The zero-order valence-electron chi connectivity index (χ0n) is 9.76. The largest absolute Gasteiger partial charge is 0.378 e. The lowest BCUT2D eigenvalue weighted by Crippen LogP contribution is -2.23. The van der Waals surface area contributed by atoms with Gasteiger partial charge in [-0.2, -0.15) is 0 Å². The second-order valence-electron chi connectivity index (χ2n) is 4.24. The summed E-state index contributed by atoms with van der Waals surface area (Å²) in [5.74, 6) is 0.335. The van der Waals surface area contributed by atoms with Crippen molar-refractivity contribution in [3.05, 3.63) is 0 Å². The molecule has 1 fully saturated rings. The van der Waals surface area contributed by atoms with Gasteiger partial charge in [-0.25, -0.2) is 0 Å². The number of Topliss-reactive ketones (excluding diaryl/α,β-unsaturated/α-hetero) is 1. The first kappa shape index (κ1) is 12.7. The van der Waals surface area contributed by atoms with Crippen LogP contribution in [0.3, 0.4) is 0 Å². The van der Waals surface area contributed by atoms with E-state index in [1.807, 2.05) is 0 Å². The molecule has 1 N–H and O–H groups in total. The van der Waals surface area contributed by atoms with E-state index in [4.69, 9.17) is 4.74 Å². The number of ether oxygens (including phenoxy) is 1. The molecule has 15 heavy (non-hydrogen) atoms. The van der Waals surface area contributed by atoms with Crippen LogP contribution in [0, 0.1) is 0 Å². The monoisotopic (exact) mass is 213 g/mol. The Morgan fingerprint density at radius 3 is 3.07 bits per heavy atom. The second-order valence-corrected chi connectivity index (χ2v) is 4.24. The fourth-order valence-corrected chi connectivity index (χ4v) is 1.89. The van der Waals surface area contributed by atoms with Crippen LogP contribution in [0.15, 0.2) is 0 Å². The summed E-state index contributed by atoms with van der Waals surface area (Å²) in [4.78, 5) is 11.4. The quantitative estimate of drug-likeness (QED) is 0.626. The van der Waals surface area contributed by atoms with Crippen molar-refractivity contribution in [3.63, 3.8) is 0 Å². The minimum absolute atomic E-state index is 0.335. The van der Waals surface area contributed by atoms with Crippen molar-refractivity contribution >= 4 is 5.78 Å². The van der Waals surface area contributed by atoms with Crippen LogP contribution in [-0.4, -0.2) is 31.6 Å². The molecule has 0 aromatic rings. The molecular formula is C12H23NO2. The summed E-state index contributed by atoms with van der Waals surface area (Å²) in [6.07, 6.45) is 6.64. The molecule has 1 saturated heterocycles. The standard InChI is InChI=1S/C12H23NO2/c1-2-8-13-10-11(14)5-3-6-12-7-4-9-15-12/h12-13H,2-10H2,1H3. The van der Waals surface area contributed by atoms with Gasteiger partial charge in [-0.15, -0.1) is 0 Å². The van der Waals surface area contributed by atoms with Gasteiger partial charge in [0.2, 0.25) is 0 Å². The highest BCUT2D eigenvalue weighted by Gasteiger charge is 2.15. The Morgan fingerprint density at radius 2 is 2.40 bits per heavy atom. The molecule has 1 rings (SSSR count). The molecule has 88 valence electrons. The summed E-state index contributed by atoms with van der Waals surface area (Å²) in [5.41, 5.74) is 0. The molecule has 0 radical (unpaired) electrons. The van der Waals surface area contributed by atoms with Crippen LogP contribution >= 0.6 is 0 Å². The summed E-state index contributed by atoms with van der Waals surface area (Å²) in [7, 11) is 0. The number of rotatable bonds is 8. The highest BCUT2D eigenvalue weighted by molar-refractivity contribution is 5.80. The fraction of sp³-hybridized carbons (Fsp3) is 0.917. The Hall–Kier alpha value is -0.410. The molecule has 0 amide bonds. The Morgan fingerprint density at radius 1 is 1.53 bits per heavy atom. The lowest BCUT2D eigenvalue weighted by molar-refractivity contribution is -0.118. The van der Waals surface area contributed by atoms with E-state index >= 15 is 0 Å². The van der Waals surface area contributed by atoms with Crippen LogP contribution in [0.4, 0.5) is 0 Å². The lowest BCUT2D eigenvalue weighted by Gasteiger charge is -2.08. The number of carbonyl (C=O) groups excluding carboxylic acids is 1. The van der Waals surface area contributed by atoms with Crippen molar-refractivity contribution in [3.8, 4) is 0 Å². The zero-order chi connectivity index (χ0) is 10.9. The van der Waals surface area contributed by atoms with Crippen LogP contribution in [0.1, 0.15) is 45.4 Å². The number of carbonyl (C=O) groups is 1. The Balaban J connectivity index is 1.91. The van der Waals surface area contributed by atoms with Crippen molar-refractivity contribution in [2.24, 2.45) is 0 Å². The first-order valence-corrected chi connectivity index (χ1v) is 6.17. The third-order valence-electron chi connectivity index (χ3n) is 2.75. The van der Waals surface area contributed by atoms with E-state index in [1.165, 1.54) is 12.8 Å². The molecule has 1 aliphatic rings. The molecule has 3 nitrogen and oxygen atoms in total. The van der Waals surface area contributed by atoms with E-state index < -0.39 is 0 Å². The maximum absolute atomic E-state index is 11.4. The topological polar surface area (TPSA) is 38.3 Å². The van der Waals surface area contributed by atoms with Crippen molar-refractivity contribution in [1.29, 1.82) is 0 Å². The minimum atomic E-state index is 0.335. The van der Waals surface area contributed by atoms with Gasteiger partial charge in [0.25, 0.3) is 0 Å². The molecule has 0 saturated carbocycles. The first-order valence-electron chi connectivity index (χ1n) is 6.17. The van der Waals surface area contributed by atoms with Gasteiger partial charge < -0.3 is 10.1 Å². The smallest absolute Gasteiger partial charge is 0.146 e. The highest BCUT2D eigenvalue weighted by Crippen LogP contribution is 2.17. The van der Waals surface area contributed by atoms with Gasteiger partial charge in [0.15, 0.2) is 0 Å². The number of ketones is 1. The number of nitrogens with one attached hydrogen (secondary N) is 1.